The van der Waals surface area contributed by atoms with E-state index in [0.717, 1.165) is 11.3 Å². The lowest BCUT2D eigenvalue weighted by atomic mass is 9.53. The maximum Gasteiger partial charge on any atom is 0.240 e. The zero-order valence-corrected chi connectivity index (χ0v) is 16.7. The number of anilines is 1. The molecule has 2 fully saturated rings. The maximum absolute atomic E-state index is 13.7. The molecule has 0 saturated carbocycles. The summed E-state index contributed by atoms with van der Waals surface area (Å²) in [6.07, 6.45) is 3.79. The summed E-state index contributed by atoms with van der Waals surface area (Å²) >= 11 is 0. The van der Waals surface area contributed by atoms with E-state index in [2.05, 4.69) is 5.32 Å². The molecule has 6 nitrogen and oxygen atoms in total. The van der Waals surface area contributed by atoms with Crippen LogP contribution in [0.25, 0.3) is 0 Å². The molecule has 3 amide bonds. The van der Waals surface area contributed by atoms with Crippen LogP contribution in [0, 0.1) is 23.2 Å². The van der Waals surface area contributed by atoms with Crippen LogP contribution in [0.5, 0.6) is 5.75 Å². The average Bonchev–Trinajstić information content (AvgIpc) is 3.08. The third-order valence-corrected chi connectivity index (χ3v) is 6.71. The van der Waals surface area contributed by atoms with Gasteiger partial charge in [-0.3, -0.25) is 19.7 Å². The van der Waals surface area contributed by atoms with Crippen molar-refractivity contribution in [3.8, 4) is 5.75 Å². The highest BCUT2D eigenvalue weighted by Crippen LogP contribution is 2.62. The van der Waals surface area contributed by atoms with E-state index in [9.17, 15) is 14.4 Å². The van der Waals surface area contributed by atoms with Crippen molar-refractivity contribution in [2.45, 2.75) is 13.0 Å². The summed E-state index contributed by atoms with van der Waals surface area (Å²) in [5, 5.41) is 2.47. The molecule has 5 atom stereocenters. The summed E-state index contributed by atoms with van der Waals surface area (Å²) in [5.74, 6) is -1.46. The minimum Gasteiger partial charge on any atom is -0.497 e. The smallest absolute Gasteiger partial charge is 0.240 e. The van der Waals surface area contributed by atoms with Crippen LogP contribution in [-0.4, -0.2) is 24.8 Å². The summed E-state index contributed by atoms with van der Waals surface area (Å²) in [6.45, 7) is 1.92. The van der Waals surface area contributed by atoms with E-state index < -0.39 is 17.3 Å². The molecule has 0 bridgehead atoms. The number of ether oxygens (including phenoxy) is 1. The van der Waals surface area contributed by atoms with Crippen LogP contribution < -0.4 is 15.0 Å². The fraction of sp³-hybridized carbons (Fsp3) is 0.292. The summed E-state index contributed by atoms with van der Waals surface area (Å²) < 4.78 is 5.24. The summed E-state index contributed by atoms with van der Waals surface area (Å²) in [6, 6.07) is 16.6. The predicted molar refractivity (Wildman–Crippen MR) is 111 cm³/mol. The number of allylic oxidation sites excluding steroid dienone is 1. The Morgan fingerprint density at radius 2 is 1.67 bits per heavy atom. The van der Waals surface area contributed by atoms with Crippen molar-refractivity contribution < 1.29 is 19.1 Å². The lowest BCUT2D eigenvalue weighted by Gasteiger charge is -2.59. The van der Waals surface area contributed by atoms with Crippen molar-refractivity contribution in [2.75, 3.05) is 12.0 Å². The lowest BCUT2D eigenvalue weighted by Crippen LogP contribution is -2.68. The Bertz CT molecular complexity index is 1060. The molecule has 2 saturated heterocycles. The third kappa shape index (κ3) is 2.33. The van der Waals surface area contributed by atoms with Crippen molar-refractivity contribution in [1.29, 1.82) is 0 Å². The molecule has 1 N–H and O–H groups in total. The van der Waals surface area contributed by atoms with E-state index >= 15 is 0 Å². The van der Waals surface area contributed by atoms with Crippen LogP contribution in [0.2, 0.25) is 0 Å². The topological polar surface area (TPSA) is 75.7 Å². The van der Waals surface area contributed by atoms with Crippen molar-refractivity contribution in [2.24, 2.45) is 23.2 Å². The molecule has 6 heteroatoms. The highest BCUT2D eigenvalue weighted by molar-refractivity contribution is 6.15. The van der Waals surface area contributed by atoms with Gasteiger partial charge in [-0.15, -0.1) is 0 Å². The molecule has 2 aromatic rings. The number of hydrogen-bond acceptors (Lipinski definition) is 4. The molecule has 0 aromatic heterocycles. The first-order valence-electron chi connectivity index (χ1n) is 10.1. The molecule has 1 spiro atoms. The minimum atomic E-state index is -1.07. The third-order valence-electron chi connectivity index (χ3n) is 6.71. The molecule has 1 unspecified atom stereocenters. The number of β-lactam (4-membered cyclic amide) rings is 1. The van der Waals surface area contributed by atoms with Crippen molar-refractivity contribution in [3.05, 3.63) is 72.3 Å². The van der Waals surface area contributed by atoms with Crippen molar-refractivity contribution in [1.82, 2.24) is 5.32 Å². The summed E-state index contributed by atoms with van der Waals surface area (Å²) in [5.41, 5.74) is 0.584. The van der Waals surface area contributed by atoms with Gasteiger partial charge in [0.25, 0.3) is 0 Å². The highest BCUT2D eigenvalue weighted by atomic mass is 16.5. The van der Waals surface area contributed by atoms with E-state index in [1.54, 1.807) is 12.0 Å². The number of carbonyl (C=O) groups is 3. The van der Waals surface area contributed by atoms with Gasteiger partial charge < -0.3 is 9.64 Å². The molecule has 2 heterocycles. The quantitative estimate of drug-likeness (QED) is 0.487. The Balaban J connectivity index is 1.66. The largest absolute Gasteiger partial charge is 0.497 e. The molecular weight excluding hydrogens is 380 g/mol. The monoisotopic (exact) mass is 402 g/mol. The number of amides is 3. The first kappa shape index (κ1) is 18.6. The van der Waals surface area contributed by atoms with Crippen LogP contribution in [-0.2, 0) is 14.4 Å². The first-order valence-corrected chi connectivity index (χ1v) is 10.1. The van der Waals surface area contributed by atoms with Crippen molar-refractivity contribution >= 4 is 23.4 Å². The number of rotatable bonds is 3. The van der Waals surface area contributed by atoms with E-state index in [0.29, 0.717) is 5.75 Å². The van der Waals surface area contributed by atoms with Crippen LogP contribution in [0.4, 0.5) is 5.69 Å². The van der Waals surface area contributed by atoms with E-state index in [1.165, 1.54) is 0 Å². The average molecular weight is 402 g/mol. The Hall–Kier alpha value is -3.41. The second-order valence-electron chi connectivity index (χ2n) is 8.19. The zero-order chi connectivity index (χ0) is 21.0. The Morgan fingerprint density at radius 1 is 0.967 bits per heavy atom. The van der Waals surface area contributed by atoms with Gasteiger partial charge in [-0.05, 0) is 35.7 Å². The molecule has 30 heavy (non-hydrogen) atoms. The summed E-state index contributed by atoms with van der Waals surface area (Å²) in [7, 11) is 1.59. The zero-order valence-electron chi connectivity index (χ0n) is 16.7. The fourth-order valence-electron chi connectivity index (χ4n) is 5.31. The van der Waals surface area contributed by atoms with Crippen LogP contribution >= 0.6 is 0 Å². The number of nitrogens with zero attached hydrogens (tertiary/aromatic N) is 1. The van der Waals surface area contributed by atoms with Gasteiger partial charge >= 0.3 is 0 Å². The van der Waals surface area contributed by atoms with E-state index in [-0.39, 0.29) is 29.7 Å². The highest BCUT2D eigenvalue weighted by Gasteiger charge is 2.71. The molecule has 0 radical (unpaired) electrons. The van der Waals surface area contributed by atoms with Gasteiger partial charge in [0.1, 0.15) is 11.2 Å². The SMILES string of the molecule is COc1ccc(N2C(=O)[C@]3(C=CC(C)[C@H]4C(=O)NC(=O)[C@H]43)[C@@H]2c2ccccc2)cc1. The molecule has 5 rings (SSSR count). The van der Waals surface area contributed by atoms with Gasteiger partial charge in [-0.25, -0.2) is 0 Å². The normalized spacial score (nSPS) is 32.1. The predicted octanol–water partition coefficient (Wildman–Crippen LogP) is 2.86. The van der Waals surface area contributed by atoms with Crippen LogP contribution in [0.3, 0.4) is 0 Å². The number of carbonyl (C=O) groups excluding carboxylic acids is 3. The number of imide groups is 1. The number of nitrogens with one attached hydrogen (secondary N) is 1. The molecule has 2 aromatic carbocycles. The van der Waals surface area contributed by atoms with E-state index in [4.69, 9.17) is 4.74 Å². The molecular formula is C24H22N2O4. The molecule has 2 aliphatic heterocycles. The van der Waals surface area contributed by atoms with Gasteiger partial charge in [-0.1, -0.05) is 49.4 Å². The number of benzene rings is 2. The molecule has 1 aliphatic carbocycles. The van der Waals surface area contributed by atoms with Gasteiger partial charge in [0.05, 0.1) is 25.0 Å². The van der Waals surface area contributed by atoms with Gasteiger partial charge in [0.2, 0.25) is 17.7 Å². The minimum absolute atomic E-state index is 0.105. The number of fused-ring (bicyclic) bond motifs is 2. The van der Waals surface area contributed by atoms with Crippen molar-refractivity contribution in [3.63, 3.8) is 0 Å². The summed E-state index contributed by atoms with van der Waals surface area (Å²) in [4.78, 5) is 40.8. The lowest BCUT2D eigenvalue weighted by molar-refractivity contribution is -0.149. The number of hydrogen-bond donors (Lipinski definition) is 1. The first-order chi connectivity index (χ1) is 14.5. The molecule has 3 aliphatic rings. The number of methoxy groups -OCH3 is 1. The second-order valence-corrected chi connectivity index (χ2v) is 8.19. The fourth-order valence-corrected chi connectivity index (χ4v) is 5.31. The Morgan fingerprint density at radius 3 is 2.33 bits per heavy atom. The Kier molecular flexibility index (Phi) is 4.07. The maximum atomic E-state index is 13.7. The standard InChI is InChI=1S/C24H22N2O4/c1-14-12-13-24(19-18(14)21(27)25-22(19)28)20(15-6-4-3-5-7-15)26(23(24)29)16-8-10-17(30-2)11-9-16/h3-14,18-20H,1-2H3,(H,25,27,28)/t14?,18-,19+,20+,24+/m1/s1. The van der Waals surface area contributed by atoms with Crippen LogP contribution in [0.1, 0.15) is 18.5 Å². The molecule has 152 valence electrons. The van der Waals surface area contributed by atoms with E-state index in [1.807, 2.05) is 73.7 Å². The van der Waals surface area contributed by atoms with Crippen LogP contribution in [0.15, 0.2) is 66.7 Å². The van der Waals surface area contributed by atoms with Gasteiger partial charge in [0, 0.05) is 5.69 Å². The van der Waals surface area contributed by atoms with Gasteiger partial charge in [0.15, 0.2) is 0 Å². The second kappa shape index (κ2) is 6.55. The Labute approximate surface area is 174 Å². The van der Waals surface area contributed by atoms with Gasteiger partial charge in [-0.2, -0.15) is 0 Å².